The molecule has 1 aliphatic carbocycles. The van der Waals surface area contributed by atoms with Crippen LogP contribution >= 0.6 is 0 Å². The largest absolute Gasteiger partial charge is 0.323 e. The zero-order valence-corrected chi connectivity index (χ0v) is 11.3. The molecule has 19 heavy (non-hydrogen) atoms. The third-order valence-corrected chi connectivity index (χ3v) is 3.65. The van der Waals surface area contributed by atoms with Crippen molar-refractivity contribution in [3.63, 3.8) is 0 Å². The summed E-state index contributed by atoms with van der Waals surface area (Å²) >= 11 is 0. The van der Waals surface area contributed by atoms with E-state index in [0.29, 0.717) is 12.2 Å². The van der Waals surface area contributed by atoms with Gasteiger partial charge in [-0.3, -0.25) is 9.59 Å². The molecule has 5 heteroatoms. The molecule has 1 saturated carbocycles. The quantitative estimate of drug-likeness (QED) is 0.863. The average Bonchev–Trinajstić information content (AvgIpc) is 2.82. The number of carbonyl (C=O) groups excluding carboxylic acids is 1. The van der Waals surface area contributed by atoms with Crippen LogP contribution < -0.4 is 16.6 Å². The van der Waals surface area contributed by atoms with Gasteiger partial charge in [0.15, 0.2) is 0 Å². The number of rotatable bonds is 4. The first-order valence-electron chi connectivity index (χ1n) is 6.86. The first-order valence-corrected chi connectivity index (χ1v) is 6.86. The van der Waals surface area contributed by atoms with Crippen LogP contribution in [-0.2, 0) is 11.3 Å². The number of nitrogens with one attached hydrogen (secondary N) is 1. The molecule has 1 fully saturated rings. The van der Waals surface area contributed by atoms with Crippen LogP contribution in [0.2, 0.25) is 0 Å². The van der Waals surface area contributed by atoms with Crippen molar-refractivity contribution in [3.8, 4) is 0 Å². The Labute approximate surface area is 112 Å². The summed E-state index contributed by atoms with van der Waals surface area (Å²) in [5, 5.41) is 2.83. The van der Waals surface area contributed by atoms with E-state index in [9.17, 15) is 9.59 Å². The van der Waals surface area contributed by atoms with Crippen LogP contribution in [0.5, 0.6) is 0 Å². The lowest BCUT2D eigenvalue weighted by atomic mass is 9.98. The summed E-state index contributed by atoms with van der Waals surface area (Å²) < 4.78 is 1.60. The van der Waals surface area contributed by atoms with Crippen molar-refractivity contribution >= 4 is 11.6 Å². The second-order valence-corrected chi connectivity index (χ2v) is 5.27. The molecule has 2 rings (SSSR count). The summed E-state index contributed by atoms with van der Waals surface area (Å²) in [6.07, 6.45) is 6.01. The second kappa shape index (κ2) is 5.57. The van der Waals surface area contributed by atoms with Gasteiger partial charge in [-0.1, -0.05) is 19.8 Å². The summed E-state index contributed by atoms with van der Waals surface area (Å²) in [6, 6.07) is 3.10. The maximum atomic E-state index is 12.2. The van der Waals surface area contributed by atoms with E-state index in [2.05, 4.69) is 5.32 Å². The lowest BCUT2D eigenvalue weighted by Crippen LogP contribution is -2.48. The molecule has 0 radical (unpaired) electrons. The molecule has 1 aromatic rings. The van der Waals surface area contributed by atoms with Crippen LogP contribution in [0.3, 0.4) is 0 Å². The number of aryl methyl sites for hydroxylation is 1. The van der Waals surface area contributed by atoms with Crippen LogP contribution in [-0.4, -0.2) is 16.0 Å². The van der Waals surface area contributed by atoms with Crippen LogP contribution in [0.15, 0.2) is 23.1 Å². The fraction of sp³-hybridized carbons (Fsp3) is 0.571. The van der Waals surface area contributed by atoms with E-state index < -0.39 is 5.54 Å². The standard InChI is InChI=1S/C14H21N3O2/c1-2-9-17-10-11(5-6-12(17)18)16-13(19)14(15)7-3-4-8-14/h5-6,10H,2-4,7-9,15H2,1H3,(H,16,19). The van der Waals surface area contributed by atoms with Gasteiger partial charge in [-0.05, 0) is 25.3 Å². The minimum absolute atomic E-state index is 0.0526. The zero-order valence-electron chi connectivity index (χ0n) is 11.3. The number of pyridine rings is 1. The SMILES string of the molecule is CCCn1cc(NC(=O)C2(N)CCCC2)ccc1=O. The van der Waals surface area contributed by atoms with E-state index >= 15 is 0 Å². The normalized spacial score (nSPS) is 17.4. The van der Waals surface area contributed by atoms with E-state index in [1.807, 2.05) is 6.92 Å². The molecule has 1 aromatic heterocycles. The topological polar surface area (TPSA) is 77.1 Å². The molecule has 3 N–H and O–H groups in total. The Morgan fingerprint density at radius 1 is 1.42 bits per heavy atom. The molecule has 0 spiro atoms. The number of hydrogen-bond acceptors (Lipinski definition) is 3. The molecule has 1 aliphatic rings. The molecule has 0 bridgehead atoms. The predicted molar refractivity (Wildman–Crippen MR) is 75.0 cm³/mol. The van der Waals surface area contributed by atoms with Crippen molar-refractivity contribution in [2.75, 3.05) is 5.32 Å². The van der Waals surface area contributed by atoms with Gasteiger partial charge in [0.1, 0.15) is 0 Å². The van der Waals surface area contributed by atoms with Crippen molar-refractivity contribution in [2.45, 2.75) is 51.1 Å². The van der Waals surface area contributed by atoms with Gasteiger partial charge in [-0.2, -0.15) is 0 Å². The lowest BCUT2D eigenvalue weighted by Gasteiger charge is -2.22. The minimum atomic E-state index is -0.744. The van der Waals surface area contributed by atoms with Gasteiger partial charge >= 0.3 is 0 Å². The van der Waals surface area contributed by atoms with E-state index in [0.717, 1.165) is 32.1 Å². The fourth-order valence-corrected chi connectivity index (χ4v) is 2.51. The number of nitrogens with two attached hydrogens (primary N) is 1. The predicted octanol–water partition coefficient (Wildman–Crippen LogP) is 1.47. The zero-order chi connectivity index (χ0) is 13.9. The van der Waals surface area contributed by atoms with Crippen molar-refractivity contribution in [2.24, 2.45) is 5.73 Å². The van der Waals surface area contributed by atoms with E-state index in [4.69, 9.17) is 5.73 Å². The molecule has 5 nitrogen and oxygen atoms in total. The molecule has 0 aliphatic heterocycles. The van der Waals surface area contributed by atoms with Crippen molar-refractivity contribution in [1.82, 2.24) is 4.57 Å². The fourth-order valence-electron chi connectivity index (χ4n) is 2.51. The van der Waals surface area contributed by atoms with Gasteiger partial charge in [0, 0.05) is 18.8 Å². The van der Waals surface area contributed by atoms with Crippen molar-refractivity contribution < 1.29 is 4.79 Å². The molecule has 0 saturated heterocycles. The first-order chi connectivity index (χ1) is 9.05. The molecule has 1 heterocycles. The molecular weight excluding hydrogens is 242 g/mol. The van der Waals surface area contributed by atoms with Gasteiger partial charge in [-0.25, -0.2) is 0 Å². The summed E-state index contributed by atoms with van der Waals surface area (Å²) in [5.41, 5.74) is 5.93. The molecule has 0 atom stereocenters. The molecule has 1 amide bonds. The van der Waals surface area contributed by atoms with Crippen molar-refractivity contribution in [1.29, 1.82) is 0 Å². The Hall–Kier alpha value is -1.62. The van der Waals surface area contributed by atoms with Gasteiger partial charge in [-0.15, -0.1) is 0 Å². The molecular formula is C14H21N3O2. The highest BCUT2D eigenvalue weighted by atomic mass is 16.2. The summed E-state index contributed by atoms with van der Waals surface area (Å²) in [4.78, 5) is 23.8. The van der Waals surface area contributed by atoms with E-state index in [-0.39, 0.29) is 11.5 Å². The average molecular weight is 263 g/mol. The second-order valence-electron chi connectivity index (χ2n) is 5.27. The third kappa shape index (κ3) is 3.04. The highest BCUT2D eigenvalue weighted by Gasteiger charge is 2.36. The van der Waals surface area contributed by atoms with Gasteiger partial charge in [0.25, 0.3) is 5.56 Å². The summed E-state index contributed by atoms with van der Waals surface area (Å²) in [7, 11) is 0. The monoisotopic (exact) mass is 263 g/mol. The number of carbonyl (C=O) groups is 1. The number of nitrogens with zero attached hydrogens (tertiary/aromatic N) is 1. The van der Waals surface area contributed by atoms with Crippen molar-refractivity contribution in [3.05, 3.63) is 28.7 Å². The smallest absolute Gasteiger partial charge is 0.250 e. The van der Waals surface area contributed by atoms with Gasteiger partial charge < -0.3 is 15.6 Å². The number of hydrogen-bond donors (Lipinski definition) is 2. The van der Waals surface area contributed by atoms with E-state index in [1.54, 1.807) is 16.8 Å². The molecule has 0 aromatic carbocycles. The highest BCUT2D eigenvalue weighted by molar-refractivity contribution is 5.98. The Balaban J connectivity index is 2.12. The highest BCUT2D eigenvalue weighted by Crippen LogP contribution is 2.28. The summed E-state index contributed by atoms with van der Waals surface area (Å²) in [6.45, 7) is 2.65. The maximum absolute atomic E-state index is 12.2. The molecule has 104 valence electrons. The molecule has 0 unspecified atom stereocenters. The number of aromatic nitrogens is 1. The van der Waals surface area contributed by atoms with Crippen LogP contribution in [0, 0.1) is 0 Å². The Kier molecular flexibility index (Phi) is 4.04. The Bertz CT molecular complexity index is 516. The first kappa shape index (κ1) is 13.8. The Morgan fingerprint density at radius 2 is 2.11 bits per heavy atom. The van der Waals surface area contributed by atoms with E-state index in [1.165, 1.54) is 6.07 Å². The maximum Gasteiger partial charge on any atom is 0.250 e. The van der Waals surface area contributed by atoms with Crippen LogP contribution in [0.1, 0.15) is 39.0 Å². The number of anilines is 1. The Morgan fingerprint density at radius 3 is 2.74 bits per heavy atom. The summed E-state index contributed by atoms with van der Waals surface area (Å²) in [5.74, 6) is -0.147. The van der Waals surface area contributed by atoms with Crippen LogP contribution in [0.4, 0.5) is 5.69 Å². The van der Waals surface area contributed by atoms with Gasteiger partial charge in [0.05, 0.1) is 11.2 Å². The van der Waals surface area contributed by atoms with Gasteiger partial charge in [0.2, 0.25) is 5.91 Å². The van der Waals surface area contributed by atoms with Crippen LogP contribution in [0.25, 0.3) is 0 Å². The third-order valence-electron chi connectivity index (χ3n) is 3.65. The lowest BCUT2D eigenvalue weighted by molar-refractivity contribution is -0.121. The number of amides is 1. The minimum Gasteiger partial charge on any atom is -0.323 e.